The molecule has 3 aromatic rings. The van der Waals surface area contributed by atoms with E-state index in [1.165, 1.54) is 12.1 Å². The van der Waals surface area contributed by atoms with E-state index in [9.17, 15) is 9.18 Å². The predicted octanol–water partition coefficient (Wildman–Crippen LogP) is 3.02. The highest BCUT2D eigenvalue weighted by atomic mass is 19.1. The van der Waals surface area contributed by atoms with Crippen LogP contribution in [0.5, 0.6) is 11.5 Å². The van der Waals surface area contributed by atoms with Crippen LogP contribution < -0.4 is 14.8 Å². The van der Waals surface area contributed by atoms with Gasteiger partial charge < -0.3 is 19.4 Å². The van der Waals surface area contributed by atoms with Crippen molar-refractivity contribution in [3.63, 3.8) is 0 Å². The quantitative estimate of drug-likeness (QED) is 0.681. The molecule has 146 valence electrons. The van der Waals surface area contributed by atoms with E-state index in [-0.39, 0.29) is 18.1 Å². The molecular formula is C21H22FN3O3. The van der Waals surface area contributed by atoms with E-state index in [0.717, 1.165) is 5.56 Å². The van der Waals surface area contributed by atoms with Crippen LogP contribution >= 0.6 is 0 Å². The number of nitrogens with zero attached hydrogens (tertiary/aromatic N) is 2. The summed E-state index contributed by atoms with van der Waals surface area (Å²) >= 11 is 0. The van der Waals surface area contributed by atoms with Gasteiger partial charge in [-0.2, -0.15) is 0 Å². The van der Waals surface area contributed by atoms with Crippen LogP contribution in [0, 0.1) is 5.82 Å². The summed E-state index contributed by atoms with van der Waals surface area (Å²) < 4.78 is 26.0. The Labute approximate surface area is 162 Å². The van der Waals surface area contributed by atoms with Crippen LogP contribution in [0.2, 0.25) is 0 Å². The smallest absolute Gasteiger partial charge is 0.225 e. The van der Waals surface area contributed by atoms with Gasteiger partial charge in [0, 0.05) is 19.4 Å². The molecule has 0 bridgehead atoms. The summed E-state index contributed by atoms with van der Waals surface area (Å²) in [5.74, 6) is 1.18. The minimum absolute atomic E-state index is 0.136. The highest BCUT2D eigenvalue weighted by Crippen LogP contribution is 2.28. The molecule has 2 aromatic carbocycles. The third kappa shape index (κ3) is 4.31. The maximum atomic E-state index is 13.7. The second-order valence-corrected chi connectivity index (χ2v) is 6.32. The molecule has 0 aliphatic heterocycles. The van der Waals surface area contributed by atoms with Gasteiger partial charge in [0.25, 0.3) is 0 Å². The first kappa shape index (κ1) is 19.4. The third-order valence-corrected chi connectivity index (χ3v) is 4.42. The van der Waals surface area contributed by atoms with Crippen molar-refractivity contribution in [2.75, 3.05) is 14.2 Å². The topological polar surface area (TPSA) is 65.4 Å². The molecule has 0 aliphatic rings. The zero-order chi connectivity index (χ0) is 20.1. The number of carbonyl (C=O) groups excluding carboxylic acids is 1. The zero-order valence-electron chi connectivity index (χ0n) is 16.0. The highest BCUT2D eigenvalue weighted by Gasteiger charge is 2.21. The molecule has 0 aliphatic carbocycles. The molecule has 0 saturated carbocycles. The van der Waals surface area contributed by atoms with Gasteiger partial charge in [-0.15, -0.1) is 0 Å². The molecule has 0 radical (unpaired) electrons. The Morgan fingerprint density at radius 2 is 1.96 bits per heavy atom. The summed E-state index contributed by atoms with van der Waals surface area (Å²) in [7, 11) is 4.93. The lowest BCUT2D eigenvalue weighted by Crippen LogP contribution is -2.32. The number of methoxy groups -OCH3 is 2. The average Bonchev–Trinajstić information content (AvgIpc) is 3.11. The molecule has 1 N–H and O–H groups in total. The number of hydrogen-bond donors (Lipinski definition) is 1. The van der Waals surface area contributed by atoms with Gasteiger partial charge in [-0.3, -0.25) is 4.79 Å². The lowest BCUT2D eigenvalue weighted by Gasteiger charge is -2.19. The lowest BCUT2D eigenvalue weighted by atomic mass is 10.0. The van der Waals surface area contributed by atoms with Gasteiger partial charge in [-0.25, -0.2) is 9.37 Å². The first-order valence-corrected chi connectivity index (χ1v) is 8.74. The van der Waals surface area contributed by atoms with Crippen molar-refractivity contribution < 1.29 is 18.7 Å². The summed E-state index contributed by atoms with van der Waals surface area (Å²) in [5, 5.41) is 2.96. The Hall–Kier alpha value is -3.35. The van der Waals surface area contributed by atoms with E-state index in [0.29, 0.717) is 22.9 Å². The van der Waals surface area contributed by atoms with Gasteiger partial charge in [0.15, 0.2) is 11.5 Å². The molecule has 1 aromatic heterocycles. The van der Waals surface area contributed by atoms with E-state index in [1.54, 1.807) is 61.5 Å². The first-order valence-electron chi connectivity index (χ1n) is 8.74. The molecule has 0 spiro atoms. The van der Waals surface area contributed by atoms with Crippen molar-refractivity contribution >= 4 is 5.91 Å². The molecule has 6 nitrogen and oxygen atoms in total. The van der Waals surface area contributed by atoms with Crippen molar-refractivity contribution in [2.45, 2.75) is 12.5 Å². The van der Waals surface area contributed by atoms with Crippen molar-refractivity contribution in [1.29, 1.82) is 0 Å². The van der Waals surface area contributed by atoms with Crippen molar-refractivity contribution in [1.82, 2.24) is 14.9 Å². The van der Waals surface area contributed by atoms with E-state index >= 15 is 0 Å². The molecule has 7 heteroatoms. The average molecular weight is 383 g/mol. The molecule has 0 unspecified atom stereocenters. The van der Waals surface area contributed by atoms with Crippen LogP contribution in [-0.4, -0.2) is 29.7 Å². The van der Waals surface area contributed by atoms with E-state index in [1.807, 2.05) is 7.05 Å². The van der Waals surface area contributed by atoms with E-state index in [4.69, 9.17) is 9.47 Å². The molecule has 0 fully saturated rings. The Kier molecular flexibility index (Phi) is 5.93. The second-order valence-electron chi connectivity index (χ2n) is 6.32. The van der Waals surface area contributed by atoms with Crippen LogP contribution in [0.3, 0.4) is 0 Å². The molecule has 1 amide bonds. The summed E-state index contributed by atoms with van der Waals surface area (Å²) in [6.07, 6.45) is 3.56. The number of imidazole rings is 1. The fraction of sp³-hybridized carbons (Fsp3) is 0.238. The number of amides is 1. The van der Waals surface area contributed by atoms with E-state index < -0.39 is 6.04 Å². The van der Waals surface area contributed by atoms with Gasteiger partial charge in [0.2, 0.25) is 5.91 Å². The standard InChI is InChI=1S/C21H22FN3O3/c1-25-10-9-23-21(25)20(15-5-4-6-16(22)13-15)24-19(26)12-14-7-8-17(27-2)18(11-14)28-3/h4-11,13,20H,12H2,1-3H3,(H,24,26)/t20-/m0/s1. The van der Waals surface area contributed by atoms with Crippen LogP contribution in [0.1, 0.15) is 23.0 Å². The molecule has 1 heterocycles. The predicted molar refractivity (Wildman–Crippen MR) is 103 cm³/mol. The number of ether oxygens (including phenoxy) is 2. The zero-order valence-corrected chi connectivity index (χ0v) is 16.0. The van der Waals surface area contributed by atoms with Crippen LogP contribution in [0.4, 0.5) is 4.39 Å². The minimum Gasteiger partial charge on any atom is -0.493 e. The SMILES string of the molecule is COc1ccc(CC(=O)N[C@@H](c2cccc(F)c2)c2nccn2C)cc1OC. The highest BCUT2D eigenvalue weighted by molar-refractivity contribution is 5.79. The van der Waals surface area contributed by atoms with Gasteiger partial charge in [-0.1, -0.05) is 18.2 Å². The Morgan fingerprint density at radius 3 is 2.61 bits per heavy atom. The van der Waals surface area contributed by atoms with Crippen molar-refractivity contribution in [2.24, 2.45) is 7.05 Å². The van der Waals surface area contributed by atoms with Crippen LogP contribution in [0.25, 0.3) is 0 Å². The van der Waals surface area contributed by atoms with Crippen molar-refractivity contribution in [3.05, 3.63) is 77.6 Å². The molecule has 3 rings (SSSR count). The molecular weight excluding hydrogens is 361 g/mol. The number of aromatic nitrogens is 2. The number of aryl methyl sites for hydroxylation is 1. The molecule has 1 atom stereocenters. The lowest BCUT2D eigenvalue weighted by molar-refractivity contribution is -0.121. The summed E-state index contributed by atoms with van der Waals surface area (Å²) in [6.45, 7) is 0. The first-order chi connectivity index (χ1) is 13.5. The maximum absolute atomic E-state index is 13.7. The molecule has 28 heavy (non-hydrogen) atoms. The minimum atomic E-state index is -0.566. The van der Waals surface area contributed by atoms with Gasteiger partial charge in [0.05, 0.1) is 20.6 Å². The third-order valence-electron chi connectivity index (χ3n) is 4.42. The number of rotatable bonds is 7. The number of nitrogens with one attached hydrogen (secondary N) is 1. The van der Waals surface area contributed by atoms with Crippen molar-refractivity contribution in [3.8, 4) is 11.5 Å². The largest absolute Gasteiger partial charge is 0.493 e. The number of halogens is 1. The van der Waals surface area contributed by atoms with E-state index in [2.05, 4.69) is 10.3 Å². The van der Waals surface area contributed by atoms with Gasteiger partial charge in [-0.05, 0) is 35.4 Å². The Morgan fingerprint density at radius 1 is 1.18 bits per heavy atom. The number of carbonyl (C=O) groups is 1. The maximum Gasteiger partial charge on any atom is 0.225 e. The van der Waals surface area contributed by atoms with Gasteiger partial charge in [0.1, 0.15) is 17.7 Å². The molecule has 0 saturated heterocycles. The Bertz CT molecular complexity index is 971. The summed E-state index contributed by atoms with van der Waals surface area (Å²) in [5.41, 5.74) is 1.39. The normalized spacial score (nSPS) is 11.7. The Balaban J connectivity index is 1.83. The number of hydrogen-bond acceptors (Lipinski definition) is 4. The fourth-order valence-corrected chi connectivity index (χ4v) is 3.03. The number of benzene rings is 2. The summed E-state index contributed by atoms with van der Waals surface area (Å²) in [6, 6.07) is 10.9. The van der Waals surface area contributed by atoms with Crippen LogP contribution in [-0.2, 0) is 18.3 Å². The van der Waals surface area contributed by atoms with Crippen LogP contribution in [0.15, 0.2) is 54.9 Å². The summed E-state index contributed by atoms with van der Waals surface area (Å²) in [4.78, 5) is 17.0. The second kappa shape index (κ2) is 8.56. The van der Waals surface area contributed by atoms with Gasteiger partial charge >= 0.3 is 0 Å². The monoisotopic (exact) mass is 383 g/mol. The fourth-order valence-electron chi connectivity index (χ4n) is 3.03.